The van der Waals surface area contributed by atoms with Gasteiger partial charge in [-0.2, -0.15) is 0 Å². The van der Waals surface area contributed by atoms with Crippen LogP contribution in [0, 0.1) is 0 Å². The molecule has 0 aliphatic carbocycles. The van der Waals surface area contributed by atoms with Crippen molar-refractivity contribution in [3.63, 3.8) is 0 Å². The predicted octanol–water partition coefficient (Wildman–Crippen LogP) is 0.265. The molecule has 112 valence electrons. The number of hydrogen-bond acceptors (Lipinski definition) is 7. The molecule has 21 heavy (non-hydrogen) atoms. The monoisotopic (exact) mass is 308 g/mol. The zero-order valence-corrected chi connectivity index (χ0v) is 12.3. The molecule has 2 aromatic rings. The van der Waals surface area contributed by atoms with E-state index in [1.165, 1.54) is 0 Å². The minimum absolute atomic E-state index is 0.188. The molecule has 0 saturated carbocycles. The molecule has 9 heteroatoms. The lowest BCUT2D eigenvalue weighted by Gasteiger charge is -2.08. The van der Waals surface area contributed by atoms with Gasteiger partial charge in [-0.15, -0.1) is 16.9 Å². The molecule has 1 amide bonds. The summed E-state index contributed by atoms with van der Waals surface area (Å²) in [4.78, 5) is 12.2. The third kappa shape index (κ3) is 3.86. The van der Waals surface area contributed by atoms with Gasteiger partial charge in [-0.25, -0.2) is 5.84 Å². The first-order valence-corrected chi connectivity index (χ1v) is 7.10. The third-order valence-corrected chi connectivity index (χ3v) is 3.70. The number of nitrogen functional groups attached to an aromatic ring is 2. The summed E-state index contributed by atoms with van der Waals surface area (Å²) < 4.78 is 6.86. The Morgan fingerprint density at radius 2 is 2.33 bits per heavy atom. The molecule has 0 aliphatic heterocycles. The molecule has 5 N–H and O–H groups in total. The van der Waals surface area contributed by atoms with Gasteiger partial charge in [0.05, 0.1) is 19.9 Å². The van der Waals surface area contributed by atoms with Crippen LogP contribution in [0.1, 0.15) is 10.5 Å². The quantitative estimate of drug-likeness (QED) is 0.230. The molecule has 0 atom stereocenters. The Morgan fingerprint density at radius 3 is 3.05 bits per heavy atom. The zero-order valence-electron chi connectivity index (χ0n) is 11.4. The average Bonchev–Trinajstić information content (AvgIpc) is 2.96. The van der Waals surface area contributed by atoms with Crippen molar-refractivity contribution >= 4 is 23.4 Å². The van der Waals surface area contributed by atoms with Gasteiger partial charge in [0.2, 0.25) is 0 Å². The van der Waals surface area contributed by atoms with E-state index in [1.54, 1.807) is 35.8 Å². The maximum atomic E-state index is 11.3. The topological polar surface area (TPSA) is 121 Å². The average molecular weight is 308 g/mol. The highest BCUT2D eigenvalue weighted by molar-refractivity contribution is 7.99. The summed E-state index contributed by atoms with van der Waals surface area (Å²) >= 11 is 1.60. The smallest absolute Gasteiger partial charge is 0.287 e. The second kappa shape index (κ2) is 6.95. The number of nitrogens with one attached hydrogen (secondary N) is 1. The van der Waals surface area contributed by atoms with Crippen LogP contribution in [0.4, 0.5) is 5.69 Å². The number of aryl methyl sites for hydroxylation is 1. The fourth-order valence-electron chi connectivity index (χ4n) is 1.64. The van der Waals surface area contributed by atoms with Gasteiger partial charge in [0, 0.05) is 22.4 Å². The summed E-state index contributed by atoms with van der Waals surface area (Å²) in [5.41, 5.74) is 8.56. The van der Waals surface area contributed by atoms with Crippen LogP contribution in [0.2, 0.25) is 0 Å². The lowest BCUT2D eigenvalue weighted by Crippen LogP contribution is -2.30. The van der Waals surface area contributed by atoms with Gasteiger partial charge in [0.1, 0.15) is 5.75 Å². The molecule has 0 spiro atoms. The van der Waals surface area contributed by atoms with Crippen molar-refractivity contribution in [1.82, 2.24) is 20.4 Å². The van der Waals surface area contributed by atoms with Crippen LogP contribution >= 0.6 is 11.8 Å². The second-order valence-electron chi connectivity index (χ2n) is 4.10. The molecule has 0 unspecified atom stereocenters. The third-order valence-electron chi connectivity index (χ3n) is 2.67. The lowest BCUT2D eigenvalue weighted by molar-refractivity contribution is 0.0948. The van der Waals surface area contributed by atoms with Crippen LogP contribution in [-0.2, 0) is 6.54 Å². The summed E-state index contributed by atoms with van der Waals surface area (Å²) in [6.45, 7) is 0.600. The number of carbonyl (C=O) groups is 1. The van der Waals surface area contributed by atoms with Crippen molar-refractivity contribution in [2.75, 3.05) is 18.6 Å². The van der Waals surface area contributed by atoms with Crippen LogP contribution in [0.15, 0.2) is 29.3 Å². The van der Waals surface area contributed by atoms with Crippen molar-refractivity contribution < 1.29 is 9.53 Å². The number of ether oxygens (including phenoxy) is 1. The molecule has 1 aromatic carbocycles. The standard InChI is InChI=1S/C12H16N6O2S/c1-20-10-6-8(13)2-3-11(10)21-5-4-18-7-9(16-17-18)12(19)15-14/h2-3,6-7H,4-5,13-14H2,1H3,(H,15,19). The molecule has 0 saturated heterocycles. The van der Waals surface area contributed by atoms with E-state index in [2.05, 4.69) is 10.3 Å². The fourth-order valence-corrected chi connectivity index (χ4v) is 2.59. The minimum Gasteiger partial charge on any atom is -0.496 e. The highest BCUT2D eigenvalue weighted by Crippen LogP contribution is 2.30. The number of nitrogens with zero attached hydrogens (tertiary/aromatic N) is 3. The van der Waals surface area contributed by atoms with Crippen molar-refractivity contribution in [2.24, 2.45) is 5.84 Å². The van der Waals surface area contributed by atoms with Gasteiger partial charge in [-0.3, -0.25) is 14.9 Å². The molecule has 8 nitrogen and oxygen atoms in total. The summed E-state index contributed by atoms with van der Waals surface area (Å²) in [6, 6.07) is 5.51. The lowest BCUT2D eigenvalue weighted by atomic mass is 10.3. The van der Waals surface area contributed by atoms with E-state index >= 15 is 0 Å². The van der Waals surface area contributed by atoms with E-state index in [-0.39, 0.29) is 5.69 Å². The largest absolute Gasteiger partial charge is 0.496 e. The first-order chi connectivity index (χ1) is 10.1. The van der Waals surface area contributed by atoms with Gasteiger partial charge in [-0.1, -0.05) is 5.21 Å². The first-order valence-electron chi connectivity index (χ1n) is 6.11. The Kier molecular flexibility index (Phi) is 5.01. The number of methoxy groups -OCH3 is 1. The molecular formula is C12H16N6O2S. The molecule has 0 radical (unpaired) electrons. The van der Waals surface area contributed by atoms with Crippen molar-refractivity contribution in [3.8, 4) is 5.75 Å². The van der Waals surface area contributed by atoms with Gasteiger partial charge >= 0.3 is 0 Å². The number of hydrogen-bond donors (Lipinski definition) is 3. The fraction of sp³-hybridized carbons (Fsp3) is 0.250. The van der Waals surface area contributed by atoms with Crippen LogP contribution in [0.3, 0.4) is 0 Å². The molecule has 1 heterocycles. The maximum Gasteiger partial charge on any atom is 0.287 e. The first kappa shape index (κ1) is 15.1. The molecule has 1 aromatic heterocycles. The normalized spacial score (nSPS) is 10.4. The van der Waals surface area contributed by atoms with Crippen LogP contribution < -0.4 is 21.7 Å². The zero-order chi connectivity index (χ0) is 15.2. The number of hydrazine groups is 1. The number of amides is 1. The van der Waals surface area contributed by atoms with Crippen molar-refractivity contribution in [2.45, 2.75) is 11.4 Å². The SMILES string of the molecule is COc1cc(N)ccc1SCCn1cc(C(=O)NN)nn1. The summed E-state index contributed by atoms with van der Waals surface area (Å²) in [5, 5.41) is 7.59. The predicted molar refractivity (Wildman–Crippen MR) is 79.8 cm³/mol. The minimum atomic E-state index is -0.464. The van der Waals surface area contributed by atoms with Gasteiger partial charge < -0.3 is 10.5 Å². The van der Waals surface area contributed by atoms with Gasteiger partial charge in [0.25, 0.3) is 5.91 Å². The van der Waals surface area contributed by atoms with Crippen LogP contribution in [0.25, 0.3) is 0 Å². The van der Waals surface area contributed by atoms with E-state index in [1.807, 2.05) is 17.6 Å². The Bertz CT molecular complexity index is 630. The second-order valence-corrected chi connectivity index (χ2v) is 5.24. The van der Waals surface area contributed by atoms with Crippen molar-refractivity contribution in [1.29, 1.82) is 0 Å². The van der Waals surface area contributed by atoms with Gasteiger partial charge in [-0.05, 0) is 12.1 Å². The highest BCUT2D eigenvalue weighted by atomic mass is 32.2. The van der Waals surface area contributed by atoms with Gasteiger partial charge in [0.15, 0.2) is 5.69 Å². The maximum absolute atomic E-state index is 11.3. The van der Waals surface area contributed by atoms with E-state index in [4.69, 9.17) is 16.3 Å². The number of rotatable bonds is 6. The van der Waals surface area contributed by atoms with Crippen molar-refractivity contribution in [3.05, 3.63) is 30.1 Å². The number of aromatic nitrogens is 3. The Hall–Kier alpha value is -2.26. The number of anilines is 1. The number of benzene rings is 1. The Balaban J connectivity index is 1.92. The number of carbonyl (C=O) groups excluding carboxylic acids is 1. The summed E-state index contributed by atoms with van der Waals surface area (Å²) in [7, 11) is 1.61. The van der Waals surface area contributed by atoms with E-state index in [9.17, 15) is 4.79 Å². The molecule has 0 fully saturated rings. The van der Waals surface area contributed by atoms with E-state index < -0.39 is 5.91 Å². The summed E-state index contributed by atoms with van der Waals surface area (Å²) in [5.74, 6) is 6.05. The Morgan fingerprint density at radius 1 is 1.52 bits per heavy atom. The van der Waals surface area contributed by atoms with E-state index in [0.29, 0.717) is 12.2 Å². The van der Waals surface area contributed by atoms with Crippen LogP contribution in [-0.4, -0.2) is 33.8 Å². The molecule has 2 rings (SSSR count). The Labute approximate surface area is 125 Å². The van der Waals surface area contributed by atoms with E-state index in [0.717, 1.165) is 16.4 Å². The van der Waals surface area contributed by atoms with Crippen LogP contribution in [0.5, 0.6) is 5.75 Å². The highest BCUT2D eigenvalue weighted by Gasteiger charge is 2.09. The molecule has 0 aliphatic rings. The molecular weight excluding hydrogens is 292 g/mol. The number of thioether (sulfide) groups is 1. The summed E-state index contributed by atoms with van der Waals surface area (Å²) in [6.07, 6.45) is 1.54. The molecule has 0 bridgehead atoms. The number of nitrogens with two attached hydrogens (primary N) is 2.